The highest BCUT2D eigenvalue weighted by Gasteiger charge is 2.18. The first-order valence-electron chi connectivity index (χ1n) is 36.5. The molecular formula is C73H143NO5. The van der Waals surface area contributed by atoms with Crippen molar-refractivity contribution in [3.8, 4) is 0 Å². The number of ether oxygens (including phenoxy) is 1. The van der Waals surface area contributed by atoms with Gasteiger partial charge in [-0.05, 0) is 32.1 Å². The molecule has 0 aliphatic carbocycles. The van der Waals surface area contributed by atoms with E-state index in [1.807, 2.05) is 6.08 Å². The van der Waals surface area contributed by atoms with Crippen LogP contribution in [0.25, 0.3) is 0 Å². The van der Waals surface area contributed by atoms with Gasteiger partial charge < -0.3 is 20.3 Å². The van der Waals surface area contributed by atoms with Gasteiger partial charge >= 0.3 is 5.97 Å². The number of aliphatic hydroxyl groups is 2. The lowest BCUT2D eigenvalue weighted by atomic mass is 10.0. The van der Waals surface area contributed by atoms with Crippen molar-refractivity contribution in [2.45, 2.75) is 431 Å². The number of aliphatic hydroxyl groups excluding tert-OH is 2. The van der Waals surface area contributed by atoms with Crippen LogP contribution in [0.15, 0.2) is 12.2 Å². The van der Waals surface area contributed by atoms with Gasteiger partial charge in [-0.2, -0.15) is 0 Å². The van der Waals surface area contributed by atoms with E-state index < -0.39 is 12.1 Å². The minimum absolute atomic E-state index is 0.0246. The fourth-order valence-electron chi connectivity index (χ4n) is 11.8. The molecule has 0 aromatic rings. The molecule has 0 saturated carbocycles. The zero-order valence-corrected chi connectivity index (χ0v) is 53.9. The second-order valence-electron chi connectivity index (χ2n) is 25.3. The number of nitrogens with one attached hydrogen (secondary N) is 1. The summed E-state index contributed by atoms with van der Waals surface area (Å²) in [5.41, 5.74) is 0. The first-order chi connectivity index (χ1) is 39.0. The van der Waals surface area contributed by atoms with Gasteiger partial charge in [-0.15, -0.1) is 0 Å². The van der Waals surface area contributed by atoms with E-state index in [2.05, 4.69) is 19.2 Å². The van der Waals surface area contributed by atoms with Crippen molar-refractivity contribution < 1.29 is 24.5 Å². The minimum Gasteiger partial charge on any atom is -0.466 e. The van der Waals surface area contributed by atoms with Crippen molar-refractivity contribution in [3.63, 3.8) is 0 Å². The number of unbranched alkanes of at least 4 members (excludes halogenated alkanes) is 58. The minimum atomic E-state index is -0.841. The molecule has 3 N–H and O–H groups in total. The highest BCUT2D eigenvalue weighted by molar-refractivity contribution is 5.76. The summed E-state index contributed by atoms with van der Waals surface area (Å²) in [4.78, 5) is 24.6. The van der Waals surface area contributed by atoms with Crippen LogP contribution in [0.1, 0.15) is 418 Å². The van der Waals surface area contributed by atoms with Crippen LogP contribution in [0, 0.1) is 0 Å². The van der Waals surface area contributed by atoms with Crippen LogP contribution >= 0.6 is 0 Å². The van der Waals surface area contributed by atoms with Crippen molar-refractivity contribution >= 4 is 11.9 Å². The summed E-state index contributed by atoms with van der Waals surface area (Å²) in [7, 11) is 0. The summed E-state index contributed by atoms with van der Waals surface area (Å²) in [6, 6.07) is -0.624. The van der Waals surface area contributed by atoms with Gasteiger partial charge in [-0.25, -0.2) is 0 Å². The van der Waals surface area contributed by atoms with E-state index in [-0.39, 0.29) is 18.5 Å². The maximum atomic E-state index is 12.5. The molecule has 6 heteroatoms. The van der Waals surface area contributed by atoms with Crippen molar-refractivity contribution in [3.05, 3.63) is 12.2 Å². The fourth-order valence-corrected chi connectivity index (χ4v) is 11.8. The molecule has 0 aromatic carbocycles. The van der Waals surface area contributed by atoms with E-state index >= 15 is 0 Å². The molecule has 79 heavy (non-hydrogen) atoms. The topological polar surface area (TPSA) is 95.9 Å². The second kappa shape index (κ2) is 69.1. The Hall–Kier alpha value is -1.40. The lowest BCUT2D eigenvalue weighted by Gasteiger charge is -2.20. The third-order valence-electron chi connectivity index (χ3n) is 17.3. The Morgan fingerprint density at radius 3 is 0.861 bits per heavy atom. The molecule has 0 radical (unpaired) electrons. The van der Waals surface area contributed by atoms with E-state index in [1.54, 1.807) is 6.08 Å². The summed E-state index contributed by atoms with van der Waals surface area (Å²) in [6.07, 6.45) is 85.9. The van der Waals surface area contributed by atoms with E-state index in [9.17, 15) is 19.8 Å². The molecule has 1 amide bonds. The van der Waals surface area contributed by atoms with E-state index in [0.29, 0.717) is 19.4 Å². The summed E-state index contributed by atoms with van der Waals surface area (Å²) < 4.78 is 5.52. The highest BCUT2D eigenvalue weighted by Crippen LogP contribution is 2.19. The first-order valence-corrected chi connectivity index (χ1v) is 36.5. The lowest BCUT2D eigenvalue weighted by Crippen LogP contribution is -2.45. The molecule has 0 aromatic heterocycles. The van der Waals surface area contributed by atoms with Crippen LogP contribution in [-0.4, -0.2) is 47.4 Å². The third kappa shape index (κ3) is 65.6. The van der Waals surface area contributed by atoms with Gasteiger partial charge in [0.1, 0.15) is 0 Å². The summed E-state index contributed by atoms with van der Waals surface area (Å²) in [5, 5.41) is 23.2. The zero-order chi connectivity index (χ0) is 57.1. The number of carbonyl (C=O) groups is 2. The SMILES string of the molecule is CCCCCCCCCCCCCCC/C=C/C(O)C(CO)NC(=O)CCCCCCCCCCCCCCCCCCCCCCCCCCCCCCCOC(=O)CCCCCCCCCCCCCCCCCCCC. The molecule has 6 nitrogen and oxygen atoms in total. The van der Waals surface area contributed by atoms with Crippen molar-refractivity contribution in [1.82, 2.24) is 5.32 Å². The molecule has 0 bridgehead atoms. The maximum absolute atomic E-state index is 12.5. The fraction of sp³-hybridized carbons (Fsp3) is 0.945. The van der Waals surface area contributed by atoms with Crippen LogP contribution in [0.3, 0.4) is 0 Å². The molecule has 470 valence electrons. The second-order valence-corrected chi connectivity index (χ2v) is 25.3. The van der Waals surface area contributed by atoms with Crippen LogP contribution in [0.4, 0.5) is 0 Å². The maximum Gasteiger partial charge on any atom is 0.305 e. The molecule has 0 aliphatic rings. The average molecular weight is 1110 g/mol. The number of carbonyl (C=O) groups excluding carboxylic acids is 2. The third-order valence-corrected chi connectivity index (χ3v) is 17.3. The average Bonchev–Trinajstić information content (AvgIpc) is 3.45. The Bertz CT molecular complexity index is 1190. The Kier molecular flexibility index (Phi) is 67.9. The number of amides is 1. The number of esters is 1. The Morgan fingerprint density at radius 1 is 0.342 bits per heavy atom. The molecule has 0 spiro atoms. The van der Waals surface area contributed by atoms with E-state index in [0.717, 1.165) is 38.5 Å². The Labute approximate surface area is 495 Å². The largest absolute Gasteiger partial charge is 0.466 e. The van der Waals surface area contributed by atoms with E-state index in [1.165, 1.54) is 353 Å². The zero-order valence-electron chi connectivity index (χ0n) is 53.9. The molecule has 2 unspecified atom stereocenters. The predicted molar refractivity (Wildman–Crippen MR) is 347 cm³/mol. The standard InChI is InChI=1S/C73H143NO5/c1-3-5-7-9-11-13-15-17-19-20-35-39-43-47-51-55-59-63-67-73(78)79-68-64-60-56-52-48-44-40-36-33-31-29-27-25-23-21-22-24-26-28-30-32-34-38-42-46-50-54-58-62-66-72(77)74-70(69-75)71(76)65-61-57-53-49-45-41-37-18-16-14-12-10-8-6-4-2/h61,65,70-71,75-76H,3-60,62-64,66-69H2,1-2H3,(H,74,77)/b65-61+. The molecule has 0 aliphatic heterocycles. The summed E-state index contributed by atoms with van der Waals surface area (Å²) >= 11 is 0. The van der Waals surface area contributed by atoms with Crippen molar-refractivity contribution in [2.24, 2.45) is 0 Å². The van der Waals surface area contributed by atoms with Gasteiger partial charge in [0.25, 0.3) is 0 Å². The van der Waals surface area contributed by atoms with Crippen LogP contribution in [0.2, 0.25) is 0 Å². The highest BCUT2D eigenvalue weighted by atomic mass is 16.5. The molecule has 0 fully saturated rings. The first kappa shape index (κ1) is 77.6. The van der Waals surface area contributed by atoms with Gasteiger partial charge in [0, 0.05) is 12.8 Å². The van der Waals surface area contributed by atoms with E-state index in [4.69, 9.17) is 4.74 Å². The molecule has 0 rings (SSSR count). The molecular weight excluding hydrogens is 971 g/mol. The normalized spacial score (nSPS) is 12.5. The summed E-state index contributed by atoms with van der Waals surface area (Å²) in [6.45, 7) is 4.95. The number of rotatable bonds is 69. The smallest absolute Gasteiger partial charge is 0.305 e. The number of allylic oxidation sites excluding steroid dienone is 1. The van der Waals surface area contributed by atoms with Gasteiger partial charge in [0.15, 0.2) is 0 Å². The van der Waals surface area contributed by atoms with Gasteiger partial charge in [0.2, 0.25) is 5.91 Å². The Morgan fingerprint density at radius 2 is 0.582 bits per heavy atom. The van der Waals surface area contributed by atoms with Gasteiger partial charge in [-0.1, -0.05) is 386 Å². The molecule has 0 saturated heterocycles. The van der Waals surface area contributed by atoms with Crippen molar-refractivity contribution in [1.29, 1.82) is 0 Å². The molecule has 2 atom stereocenters. The quantitative estimate of drug-likeness (QED) is 0.0320. The van der Waals surface area contributed by atoms with Gasteiger partial charge in [0.05, 0.1) is 25.4 Å². The Balaban J connectivity index is 3.32. The summed E-state index contributed by atoms with van der Waals surface area (Å²) in [5.74, 6) is -0.0368. The van der Waals surface area contributed by atoms with Crippen LogP contribution in [0.5, 0.6) is 0 Å². The lowest BCUT2D eigenvalue weighted by molar-refractivity contribution is -0.143. The van der Waals surface area contributed by atoms with Gasteiger partial charge in [-0.3, -0.25) is 9.59 Å². The van der Waals surface area contributed by atoms with Crippen LogP contribution in [-0.2, 0) is 14.3 Å². The van der Waals surface area contributed by atoms with Crippen molar-refractivity contribution in [2.75, 3.05) is 13.2 Å². The van der Waals surface area contributed by atoms with Crippen LogP contribution < -0.4 is 5.32 Å². The monoisotopic (exact) mass is 1110 g/mol. The number of hydrogen-bond donors (Lipinski definition) is 3. The number of hydrogen-bond acceptors (Lipinski definition) is 5. The predicted octanol–water partition coefficient (Wildman–Crippen LogP) is 23.5. The molecule has 0 heterocycles.